The molecule has 1 N–H and O–H groups in total. The normalized spacial score (nSPS) is 10.4. The zero-order chi connectivity index (χ0) is 10.1. The molecule has 3 heteroatoms. The van der Waals surface area contributed by atoms with Gasteiger partial charge in [0, 0.05) is 18.8 Å². The Morgan fingerprint density at radius 3 is 2.71 bits per heavy atom. The summed E-state index contributed by atoms with van der Waals surface area (Å²) < 4.78 is 1.77. The zero-order valence-corrected chi connectivity index (χ0v) is 8.23. The molecule has 0 spiro atoms. The number of benzene rings is 1. The van der Waals surface area contributed by atoms with Crippen LogP contribution < -0.4 is 0 Å². The second-order valence-electron chi connectivity index (χ2n) is 3.40. The topological polar surface area (TPSA) is 38.1 Å². The van der Waals surface area contributed by atoms with E-state index in [2.05, 4.69) is 5.10 Å². The third-order valence-electron chi connectivity index (χ3n) is 2.23. The van der Waals surface area contributed by atoms with Crippen LogP contribution in [0.5, 0.6) is 5.75 Å². The van der Waals surface area contributed by atoms with E-state index in [-0.39, 0.29) is 0 Å². The molecule has 0 fully saturated rings. The summed E-state index contributed by atoms with van der Waals surface area (Å²) >= 11 is 0. The number of aromatic nitrogens is 2. The Kier molecular flexibility index (Phi) is 2.00. The summed E-state index contributed by atoms with van der Waals surface area (Å²) in [6.45, 7) is 1.97. The molecule has 0 amide bonds. The fraction of sp³-hybridized carbons (Fsp3) is 0.182. The molecule has 1 aromatic carbocycles. The van der Waals surface area contributed by atoms with Crippen LogP contribution in [0, 0.1) is 6.92 Å². The van der Waals surface area contributed by atoms with Crippen molar-refractivity contribution in [3.63, 3.8) is 0 Å². The summed E-state index contributed by atoms with van der Waals surface area (Å²) in [5.41, 5.74) is 3.24. The van der Waals surface area contributed by atoms with Gasteiger partial charge in [0.25, 0.3) is 0 Å². The predicted molar refractivity (Wildman–Crippen MR) is 55.0 cm³/mol. The van der Waals surface area contributed by atoms with E-state index < -0.39 is 0 Å². The van der Waals surface area contributed by atoms with E-state index >= 15 is 0 Å². The second kappa shape index (κ2) is 3.18. The van der Waals surface area contributed by atoms with Gasteiger partial charge < -0.3 is 5.11 Å². The third-order valence-corrected chi connectivity index (χ3v) is 2.23. The van der Waals surface area contributed by atoms with Crippen molar-refractivity contribution in [2.75, 3.05) is 0 Å². The molecular weight excluding hydrogens is 176 g/mol. The Labute approximate surface area is 82.6 Å². The molecule has 0 aliphatic heterocycles. The molecule has 0 radical (unpaired) electrons. The Morgan fingerprint density at radius 2 is 2.14 bits per heavy atom. The van der Waals surface area contributed by atoms with Crippen molar-refractivity contribution >= 4 is 0 Å². The minimum Gasteiger partial charge on any atom is -0.508 e. The number of phenols is 1. The molecule has 0 atom stereocenters. The van der Waals surface area contributed by atoms with Crippen molar-refractivity contribution in [2.45, 2.75) is 6.92 Å². The Balaban J connectivity index is 2.52. The van der Waals surface area contributed by atoms with Crippen molar-refractivity contribution in [3.8, 4) is 16.9 Å². The molecule has 1 heterocycles. The number of hydrogen-bond donors (Lipinski definition) is 1. The van der Waals surface area contributed by atoms with Crippen LogP contribution in [0.4, 0.5) is 0 Å². The van der Waals surface area contributed by atoms with Gasteiger partial charge in [0.1, 0.15) is 5.75 Å². The standard InChI is InChI=1S/C11H12N2O/c1-8-5-10(14)3-4-11(8)9-6-12-13(2)7-9/h3-7,14H,1-2H3. The molecule has 2 rings (SSSR count). The maximum absolute atomic E-state index is 9.27. The third kappa shape index (κ3) is 1.48. The van der Waals surface area contributed by atoms with E-state index in [0.717, 1.165) is 16.7 Å². The molecule has 1 aromatic heterocycles. The number of nitrogens with zero attached hydrogens (tertiary/aromatic N) is 2. The molecule has 0 saturated carbocycles. The highest BCUT2D eigenvalue weighted by Crippen LogP contribution is 2.25. The van der Waals surface area contributed by atoms with Gasteiger partial charge in [-0.15, -0.1) is 0 Å². The summed E-state index contributed by atoms with van der Waals surface area (Å²) in [5.74, 6) is 0.301. The van der Waals surface area contributed by atoms with Gasteiger partial charge in [-0.2, -0.15) is 5.10 Å². The van der Waals surface area contributed by atoms with Crippen LogP contribution in [0.15, 0.2) is 30.6 Å². The molecular formula is C11H12N2O. The molecule has 72 valence electrons. The van der Waals surface area contributed by atoms with Crippen molar-refractivity contribution < 1.29 is 5.11 Å². The van der Waals surface area contributed by atoms with Gasteiger partial charge >= 0.3 is 0 Å². The van der Waals surface area contributed by atoms with Crippen LogP contribution in [-0.2, 0) is 7.05 Å². The van der Waals surface area contributed by atoms with E-state index in [1.807, 2.05) is 32.4 Å². The van der Waals surface area contributed by atoms with Crippen molar-refractivity contribution in [1.29, 1.82) is 0 Å². The first-order valence-corrected chi connectivity index (χ1v) is 4.45. The maximum Gasteiger partial charge on any atom is 0.115 e. The van der Waals surface area contributed by atoms with Crippen molar-refractivity contribution in [1.82, 2.24) is 9.78 Å². The SMILES string of the molecule is Cc1cc(O)ccc1-c1cnn(C)c1. The van der Waals surface area contributed by atoms with E-state index in [1.54, 1.807) is 16.8 Å². The van der Waals surface area contributed by atoms with Gasteiger partial charge in [0.2, 0.25) is 0 Å². The fourth-order valence-electron chi connectivity index (χ4n) is 1.53. The van der Waals surface area contributed by atoms with Crippen molar-refractivity contribution in [3.05, 3.63) is 36.2 Å². The van der Waals surface area contributed by atoms with Gasteiger partial charge in [-0.1, -0.05) is 6.07 Å². The van der Waals surface area contributed by atoms with Crippen LogP contribution >= 0.6 is 0 Å². The molecule has 2 aromatic rings. The van der Waals surface area contributed by atoms with E-state index in [9.17, 15) is 5.11 Å². The average molecular weight is 188 g/mol. The first-order valence-electron chi connectivity index (χ1n) is 4.45. The number of aryl methyl sites for hydroxylation is 2. The first kappa shape index (κ1) is 8.81. The first-order chi connectivity index (χ1) is 6.66. The molecule has 0 bridgehead atoms. The summed E-state index contributed by atoms with van der Waals surface area (Å²) in [4.78, 5) is 0. The highest BCUT2D eigenvalue weighted by atomic mass is 16.3. The lowest BCUT2D eigenvalue weighted by molar-refractivity contribution is 0.475. The smallest absolute Gasteiger partial charge is 0.115 e. The minimum atomic E-state index is 0.301. The number of hydrogen-bond acceptors (Lipinski definition) is 2. The quantitative estimate of drug-likeness (QED) is 0.744. The van der Waals surface area contributed by atoms with Gasteiger partial charge in [0.15, 0.2) is 0 Å². The zero-order valence-electron chi connectivity index (χ0n) is 8.23. The lowest BCUT2D eigenvalue weighted by Crippen LogP contribution is -1.84. The summed E-state index contributed by atoms with van der Waals surface area (Å²) in [6, 6.07) is 5.35. The minimum absolute atomic E-state index is 0.301. The number of rotatable bonds is 1. The van der Waals surface area contributed by atoms with Crippen LogP contribution in [0.1, 0.15) is 5.56 Å². The molecule has 3 nitrogen and oxygen atoms in total. The van der Waals surface area contributed by atoms with Crippen LogP contribution in [-0.4, -0.2) is 14.9 Å². The molecule has 14 heavy (non-hydrogen) atoms. The van der Waals surface area contributed by atoms with E-state index in [1.165, 1.54) is 0 Å². The largest absolute Gasteiger partial charge is 0.508 e. The van der Waals surface area contributed by atoms with Crippen LogP contribution in [0.25, 0.3) is 11.1 Å². The fourth-order valence-corrected chi connectivity index (χ4v) is 1.53. The molecule has 0 aliphatic rings. The molecule has 0 saturated heterocycles. The van der Waals surface area contributed by atoms with Gasteiger partial charge in [-0.25, -0.2) is 0 Å². The maximum atomic E-state index is 9.27. The lowest BCUT2D eigenvalue weighted by atomic mass is 10.0. The van der Waals surface area contributed by atoms with E-state index in [0.29, 0.717) is 5.75 Å². The van der Waals surface area contributed by atoms with Crippen LogP contribution in [0.3, 0.4) is 0 Å². The second-order valence-corrected chi connectivity index (χ2v) is 3.40. The highest BCUT2D eigenvalue weighted by Gasteiger charge is 2.03. The Bertz CT molecular complexity index is 460. The summed E-state index contributed by atoms with van der Waals surface area (Å²) in [6.07, 6.45) is 3.78. The summed E-state index contributed by atoms with van der Waals surface area (Å²) in [7, 11) is 1.89. The average Bonchev–Trinajstić information content (AvgIpc) is 2.51. The summed E-state index contributed by atoms with van der Waals surface area (Å²) in [5, 5.41) is 13.4. The Hall–Kier alpha value is -1.77. The number of phenolic OH excluding ortho intramolecular Hbond substituents is 1. The monoisotopic (exact) mass is 188 g/mol. The Morgan fingerprint density at radius 1 is 1.36 bits per heavy atom. The molecule has 0 unspecified atom stereocenters. The van der Waals surface area contributed by atoms with Gasteiger partial charge in [0.05, 0.1) is 6.20 Å². The number of aromatic hydroxyl groups is 1. The van der Waals surface area contributed by atoms with E-state index in [4.69, 9.17) is 0 Å². The highest BCUT2D eigenvalue weighted by molar-refractivity contribution is 5.66. The van der Waals surface area contributed by atoms with Gasteiger partial charge in [-0.05, 0) is 30.2 Å². The lowest BCUT2D eigenvalue weighted by Gasteiger charge is -2.02. The van der Waals surface area contributed by atoms with Crippen LogP contribution in [0.2, 0.25) is 0 Å². The van der Waals surface area contributed by atoms with Gasteiger partial charge in [-0.3, -0.25) is 4.68 Å². The molecule has 0 aliphatic carbocycles. The predicted octanol–water partition coefficient (Wildman–Crippen LogP) is 2.10. The van der Waals surface area contributed by atoms with Crippen molar-refractivity contribution in [2.24, 2.45) is 7.05 Å².